The Balaban J connectivity index is 1.61. The quantitative estimate of drug-likeness (QED) is 0.668. The van der Waals surface area contributed by atoms with E-state index in [1.807, 2.05) is 0 Å². The molecule has 0 saturated carbocycles. The van der Waals surface area contributed by atoms with Crippen LogP contribution in [0.25, 0.3) is 0 Å². The second kappa shape index (κ2) is 8.43. The smallest absolute Gasteiger partial charge is 0.387 e. The van der Waals surface area contributed by atoms with E-state index < -0.39 is 18.7 Å². The van der Waals surface area contributed by atoms with Crippen molar-refractivity contribution in [2.24, 2.45) is 0 Å². The van der Waals surface area contributed by atoms with Gasteiger partial charge in [0.2, 0.25) is 0 Å². The topological polar surface area (TPSA) is 54.0 Å². The molecule has 1 atom stereocenters. The maximum atomic E-state index is 12.2. The summed E-state index contributed by atoms with van der Waals surface area (Å²) in [6.45, 7) is -0.354. The number of carbonyl (C=O) groups excluding carboxylic acids is 1. The van der Waals surface area contributed by atoms with Gasteiger partial charge in [0.25, 0.3) is 0 Å². The summed E-state index contributed by atoms with van der Waals surface area (Å²) in [5.41, 5.74) is 1.30. The van der Waals surface area contributed by atoms with Crippen molar-refractivity contribution >= 4 is 17.6 Å². The summed E-state index contributed by atoms with van der Waals surface area (Å²) in [7, 11) is 0. The number of ether oxygens (including phenoxy) is 4. The molecule has 0 N–H and O–H groups in total. The molecular weight excluding hydrogens is 382 g/mol. The van der Waals surface area contributed by atoms with Gasteiger partial charge in [-0.05, 0) is 42.3 Å². The van der Waals surface area contributed by atoms with Gasteiger partial charge in [0, 0.05) is 0 Å². The molecule has 0 radical (unpaired) electrons. The van der Waals surface area contributed by atoms with Crippen molar-refractivity contribution < 1.29 is 32.5 Å². The van der Waals surface area contributed by atoms with Crippen molar-refractivity contribution in [2.75, 3.05) is 13.2 Å². The van der Waals surface area contributed by atoms with Gasteiger partial charge in [-0.25, -0.2) is 0 Å². The third-order valence-electron chi connectivity index (χ3n) is 3.89. The normalized spacial score (nSPS) is 14.0. The molecule has 8 heteroatoms. The number of carbonyl (C=O) groups is 1. The Morgan fingerprint density at radius 3 is 2.59 bits per heavy atom. The summed E-state index contributed by atoms with van der Waals surface area (Å²) in [4.78, 5) is 12.2. The third-order valence-corrected chi connectivity index (χ3v) is 4.17. The summed E-state index contributed by atoms with van der Waals surface area (Å²) in [6.07, 6.45) is -0.543. The molecule has 0 aliphatic carbocycles. The minimum absolute atomic E-state index is 0.00722. The van der Waals surface area contributed by atoms with Gasteiger partial charge >= 0.3 is 12.6 Å². The molecule has 5 nitrogen and oxygen atoms in total. The summed E-state index contributed by atoms with van der Waals surface area (Å²) < 4.78 is 45.0. The Labute approximate surface area is 159 Å². The summed E-state index contributed by atoms with van der Waals surface area (Å²) in [5.74, 6) is 0.556. The number of alkyl halides is 2. The fourth-order valence-electron chi connectivity index (χ4n) is 2.66. The van der Waals surface area contributed by atoms with E-state index in [9.17, 15) is 13.6 Å². The summed E-state index contributed by atoms with van der Waals surface area (Å²) in [5, 5.41) is 0.373. The highest BCUT2D eigenvalue weighted by molar-refractivity contribution is 6.32. The standard InChI is InChI=1S/C19H17ClF2O5/c1-11(13-2-4-14(5-3-13)27-19(21)22)26-17(23)10-12-8-15(20)18-16(9-12)24-6-7-25-18/h2-5,8-9,11,19H,6-7,10H2,1H3. The molecule has 0 fully saturated rings. The van der Waals surface area contributed by atoms with Gasteiger partial charge in [-0.15, -0.1) is 0 Å². The van der Waals surface area contributed by atoms with Crippen molar-refractivity contribution in [1.29, 1.82) is 0 Å². The molecule has 27 heavy (non-hydrogen) atoms. The van der Waals surface area contributed by atoms with Gasteiger partial charge in [-0.2, -0.15) is 8.78 Å². The molecular formula is C19H17ClF2O5. The van der Waals surface area contributed by atoms with Crippen LogP contribution in [-0.4, -0.2) is 25.8 Å². The largest absolute Gasteiger partial charge is 0.486 e. The van der Waals surface area contributed by atoms with Crippen molar-refractivity contribution in [2.45, 2.75) is 26.1 Å². The molecule has 0 amide bonds. The molecule has 0 saturated heterocycles. The van der Waals surface area contributed by atoms with E-state index in [0.717, 1.165) is 0 Å². The van der Waals surface area contributed by atoms with Crippen LogP contribution in [0.3, 0.4) is 0 Å². The molecule has 3 rings (SSSR count). The van der Waals surface area contributed by atoms with E-state index in [2.05, 4.69) is 4.74 Å². The molecule has 0 spiro atoms. The molecule has 2 aromatic carbocycles. The predicted octanol–water partition coefficient (Wildman–Crippen LogP) is 4.56. The van der Waals surface area contributed by atoms with Crippen LogP contribution in [0.4, 0.5) is 8.78 Å². The number of rotatable bonds is 6. The van der Waals surface area contributed by atoms with Crippen molar-refractivity contribution in [3.63, 3.8) is 0 Å². The Hall–Kier alpha value is -2.54. The molecule has 1 aliphatic heterocycles. The number of halogens is 3. The minimum atomic E-state index is -2.89. The second-order valence-electron chi connectivity index (χ2n) is 5.86. The highest BCUT2D eigenvalue weighted by Crippen LogP contribution is 2.38. The molecule has 0 aromatic heterocycles. The highest BCUT2D eigenvalue weighted by Gasteiger charge is 2.19. The lowest BCUT2D eigenvalue weighted by atomic mass is 10.1. The van der Waals surface area contributed by atoms with E-state index in [4.69, 9.17) is 25.8 Å². The summed E-state index contributed by atoms with van der Waals surface area (Å²) >= 11 is 6.16. The van der Waals surface area contributed by atoms with Gasteiger partial charge in [0.1, 0.15) is 25.1 Å². The zero-order valence-electron chi connectivity index (χ0n) is 14.4. The van der Waals surface area contributed by atoms with Gasteiger partial charge in [0.05, 0.1) is 11.4 Å². The van der Waals surface area contributed by atoms with E-state index in [0.29, 0.717) is 40.9 Å². The SMILES string of the molecule is CC(OC(=O)Cc1cc(Cl)c2c(c1)OCCO2)c1ccc(OC(F)F)cc1. The second-order valence-corrected chi connectivity index (χ2v) is 6.27. The van der Waals surface area contributed by atoms with Crippen molar-refractivity contribution in [1.82, 2.24) is 0 Å². The molecule has 1 unspecified atom stereocenters. The van der Waals surface area contributed by atoms with E-state index >= 15 is 0 Å². The van der Waals surface area contributed by atoms with Gasteiger partial charge < -0.3 is 18.9 Å². The van der Waals surface area contributed by atoms with Gasteiger partial charge in [-0.1, -0.05) is 23.7 Å². The highest BCUT2D eigenvalue weighted by atomic mass is 35.5. The van der Waals surface area contributed by atoms with Crippen molar-refractivity contribution in [3.05, 3.63) is 52.5 Å². The first-order valence-electron chi connectivity index (χ1n) is 8.24. The maximum Gasteiger partial charge on any atom is 0.387 e. The van der Waals surface area contributed by atoms with Crippen LogP contribution >= 0.6 is 11.6 Å². The lowest BCUT2D eigenvalue weighted by molar-refractivity contribution is -0.147. The first kappa shape index (κ1) is 19.2. The van der Waals surface area contributed by atoms with Crippen LogP contribution in [0.2, 0.25) is 5.02 Å². The lowest BCUT2D eigenvalue weighted by Gasteiger charge is -2.20. The van der Waals surface area contributed by atoms with E-state index in [-0.39, 0.29) is 12.2 Å². The minimum Gasteiger partial charge on any atom is -0.486 e. The maximum absolute atomic E-state index is 12.2. The van der Waals surface area contributed by atoms with Crippen LogP contribution < -0.4 is 14.2 Å². The zero-order chi connectivity index (χ0) is 19.4. The Kier molecular flexibility index (Phi) is 6.01. The Morgan fingerprint density at radius 2 is 1.89 bits per heavy atom. The van der Waals surface area contributed by atoms with Crippen LogP contribution in [0.15, 0.2) is 36.4 Å². The van der Waals surface area contributed by atoms with Gasteiger partial charge in [0.15, 0.2) is 11.5 Å². The molecule has 2 aromatic rings. The Morgan fingerprint density at radius 1 is 1.19 bits per heavy atom. The Bertz CT molecular complexity index is 810. The molecule has 144 valence electrons. The zero-order valence-corrected chi connectivity index (χ0v) is 15.2. The first-order chi connectivity index (χ1) is 12.9. The average molecular weight is 399 g/mol. The average Bonchev–Trinajstić information content (AvgIpc) is 2.61. The molecule has 0 bridgehead atoms. The van der Waals surface area contributed by atoms with Crippen LogP contribution in [0.5, 0.6) is 17.2 Å². The monoisotopic (exact) mass is 398 g/mol. The number of hydrogen-bond donors (Lipinski definition) is 0. The fourth-order valence-corrected chi connectivity index (χ4v) is 2.95. The predicted molar refractivity (Wildman–Crippen MR) is 93.7 cm³/mol. The summed E-state index contributed by atoms with van der Waals surface area (Å²) in [6, 6.07) is 9.26. The van der Waals surface area contributed by atoms with Crippen molar-refractivity contribution in [3.8, 4) is 17.2 Å². The number of hydrogen-bond acceptors (Lipinski definition) is 5. The van der Waals surface area contributed by atoms with E-state index in [1.54, 1.807) is 31.2 Å². The van der Waals surface area contributed by atoms with Crippen LogP contribution in [0.1, 0.15) is 24.2 Å². The molecule has 1 aliphatic rings. The third kappa shape index (κ3) is 5.01. The first-order valence-corrected chi connectivity index (χ1v) is 8.62. The van der Waals surface area contributed by atoms with Crippen LogP contribution in [0, 0.1) is 0 Å². The number of fused-ring (bicyclic) bond motifs is 1. The molecule has 1 heterocycles. The van der Waals surface area contributed by atoms with Crippen LogP contribution in [-0.2, 0) is 16.0 Å². The number of benzene rings is 2. The van der Waals surface area contributed by atoms with Gasteiger partial charge in [-0.3, -0.25) is 4.79 Å². The fraction of sp³-hybridized carbons (Fsp3) is 0.316. The van der Waals surface area contributed by atoms with E-state index in [1.165, 1.54) is 12.1 Å². The lowest BCUT2D eigenvalue weighted by Crippen LogP contribution is -2.16. The number of esters is 1.